The molecule has 2 heterocycles. The molecule has 0 radical (unpaired) electrons. The van der Waals surface area contributed by atoms with Gasteiger partial charge in [-0.1, -0.05) is 30.3 Å². The lowest BCUT2D eigenvalue weighted by Gasteiger charge is -2.42. The third-order valence-corrected chi connectivity index (χ3v) is 5.19. The van der Waals surface area contributed by atoms with Crippen molar-refractivity contribution in [1.29, 1.82) is 0 Å². The van der Waals surface area contributed by atoms with E-state index in [1.54, 1.807) is 0 Å². The van der Waals surface area contributed by atoms with E-state index in [0.717, 1.165) is 44.6 Å². The Bertz CT molecular complexity index is 590. The second kappa shape index (κ2) is 7.47. The van der Waals surface area contributed by atoms with Gasteiger partial charge in [0.1, 0.15) is 5.60 Å². The lowest BCUT2D eigenvalue weighted by Crippen LogP contribution is -2.51. The standard InChI is InChI=1S/C18H24ClN3O/c19-17-15-21(11-4-5-12-22-13-6-10-20-22)14-9-18(17,23)16-7-2-1-3-8-16/h1-3,6-8,10,13,17,23H,4-5,9,11-12,14-15H2. The van der Waals surface area contributed by atoms with E-state index < -0.39 is 5.60 Å². The van der Waals surface area contributed by atoms with Crippen LogP contribution in [0.1, 0.15) is 24.8 Å². The molecule has 4 nitrogen and oxygen atoms in total. The lowest BCUT2D eigenvalue weighted by molar-refractivity contribution is -0.0216. The van der Waals surface area contributed by atoms with E-state index in [1.165, 1.54) is 0 Å². The molecule has 0 saturated carbocycles. The van der Waals surface area contributed by atoms with Crippen LogP contribution >= 0.6 is 11.6 Å². The Morgan fingerprint density at radius 2 is 1.96 bits per heavy atom. The summed E-state index contributed by atoms with van der Waals surface area (Å²) in [5.74, 6) is 0. The van der Waals surface area contributed by atoms with Gasteiger partial charge in [-0.25, -0.2) is 0 Å². The molecule has 3 rings (SSSR count). The number of benzene rings is 1. The van der Waals surface area contributed by atoms with Gasteiger partial charge in [-0.05, 0) is 37.4 Å². The highest BCUT2D eigenvalue weighted by Crippen LogP contribution is 2.36. The zero-order valence-electron chi connectivity index (χ0n) is 13.3. The highest BCUT2D eigenvalue weighted by atomic mass is 35.5. The summed E-state index contributed by atoms with van der Waals surface area (Å²) < 4.78 is 1.97. The molecule has 2 unspecified atom stereocenters. The van der Waals surface area contributed by atoms with E-state index in [9.17, 15) is 5.11 Å². The minimum atomic E-state index is -0.908. The van der Waals surface area contributed by atoms with Crippen LogP contribution in [0.25, 0.3) is 0 Å². The third-order valence-electron chi connectivity index (χ3n) is 4.69. The van der Waals surface area contributed by atoms with Gasteiger partial charge in [0.25, 0.3) is 0 Å². The number of piperidine rings is 1. The third kappa shape index (κ3) is 3.94. The molecule has 23 heavy (non-hydrogen) atoms. The molecule has 1 fully saturated rings. The Hall–Kier alpha value is -1.36. The van der Waals surface area contributed by atoms with Gasteiger partial charge in [0.15, 0.2) is 0 Å². The molecule has 1 aromatic carbocycles. The van der Waals surface area contributed by atoms with Gasteiger partial charge in [-0.2, -0.15) is 5.10 Å². The summed E-state index contributed by atoms with van der Waals surface area (Å²) in [6.45, 7) is 3.60. The van der Waals surface area contributed by atoms with Gasteiger partial charge >= 0.3 is 0 Å². The quantitative estimate of drug-likeness (QED) is 0.653. The topological polar surface area (TPSA) is 41.3 Å². The summed E-state index contributed by atoms with van der Waals surface area (Å²) in [6.07, 6.45) is 6.72. The highest BCUT2D eigenvalue weighted by Gasteiger charge is 2.41. The van der Waals surface area contributed by atoms with E-state index >= 15 is 0 Å². The molecular weight excluding hydrogens is 310 g/mol. The monoisotopic (exact) mass is 333 g/mol. The largest absolute Gasteiger partial charge is 0.384 e. The van der Waals surface area contributed by atoms with E-state index in [0.29, 0.717) is 6.42 Å². The van der Waals surface area contributed by atoms with E-state index in [-0.39, 0.29) is 5.38 Å². The molecule has 2 aromatic rings. The Balaban J connectivity index is 1.47. The maximum absolute atomic E-state index is 11.0. The van der Waals surface area contributed by atoms with Crippen molar-refractivity contribution >= 4 is 11.6 Å². The predicted molar refractivity (Wildman–Crippen MR) is 92.5 cm³/mol. The highest BCUT2D eigenvalue weighted by molar-refractivity contribution is 6.21. The molecule has 5 heteroatoms. The summed E-state index contributed by atoms with van der Waals surface area (Å²) in [6, 6.07) is 11.8. The SMILES string of the molecule is OC1(c2ccccc2)CCN(CCCCn2cccn2)CC1Cl. The molecule has 1 saturated heterocycles. The van der Waals surface area contributed by atoms with Gasteiger partial charge < -0.3 is 10.0 Å². The van der Waals surface area contributed by atoms with E-state index in [2.05, 4.69) is 10.00 Å². The van der Waals surface area contributed by atoms with Crippen LogP contribution in [0.2, 0.25) is 0 Å². The lowest BCUT2D eigenvalue weighted by atomic mass is 9.84. The first kappa shape index (κ1) is 16.5. The first-order valence-electron chi connectivity index (χ1n) is 8.30. The van der Waals surface area contributed by atoms with Crippen LogP contribution in [-0.4, -0.2) is 44.8 Å². The number of rotatable bonds is 6. The Labute approximate surface area is 142 Å². The molecule has 2 atom stereocenters. The molecule has 1 N–H and O–H groups in total. The summed E-state index contributed by atoms with van der Waals surface area (Å²) in [5, 5.41) is 14.9. The molecule has 1 aliphatic rings. The molecule has 1 aromatic heterocycles. The number of aryl methyl sites for hydroxylation is 1. The molecule has 0 amide bonds. The van der Waals surface area contributed by atoms with Crippen molar-refractivity contribution in [2.24, 2.45) is 0 Å². The summed E-state index contributed by atoms with van der Waals surface area (Å²) in [5.41, 5.74) is 0.0207. The smallest absolute Gasteiger partial charge is 0.108 e. The van der Waals surface area contributed by atoms with Gasteiger partial charge in [0.05, 0.1) is 5.38 Å². The number of hydrogen-bond acceptors (Lipinski definition) is 3. The first-order chi connectivity index (χ1) is 11.2. The molecule has 0 bridgehead atoms. The molecule has 124 valence electrons. The Kier molecular flexibility index (Phi) is 5.36. The number of aromatic nitrogens is 2. The van der Waals surface area contributed by atoms with Gasteiger partial charge in [-0.3, -0.25) is 4.68 Å². The molecular formula is C18H24ClN3O. The van der Waals surface area contributed by atoms with Crippen molar-refractivity contribution in [3.05, 3.63) is 54.4 Å². The van der Waals surface area contributed by atoms with Gasteiger partial charge in [0, 0.05) is 32.0 Å². The fraction of sp³-hybridized carbons (Fsp3) is 0.500. The van der Waals surface area contributed by atoms with Gasteiger partial charge in [-0.15, -0.1) is 11.6 Å². The number of hydrogen-bond donors (Lipinski definition) is 1. The minimum absolute atomic E-state index is 0.273. The zero-order chi connectivity index (χ0) is 16.1. The van der Waals surface area contributed by atoms with Crippen LogP contribution in [0, 0.1) is 0 Å². The van der Waals surface area contributed by atoms with Crippen LogP contribution in [-0.2, 0) is 12.1 Å². The second-order valence-corrected chi connectivity index (χ2v) is 6.81. The van der Waals surface area contributed by atoms with Crippen LogP contribution in [0.4, 0.5) is 0 Å². The Morgan fingerprint density at radius 3 is 2.65 bits per heavy atom. The number of alkyl halides is 1. The molecule has 0 aliphatic carbocycles. The number of nitrogens with zero attached hydrogens (tertiary/aromatic N) is 3. The number of aliphatic hydroxyl groups is 1. The summed E-state index contributed by atoms with van der Waals surface area (Å²) in [4.78, 5) is 2.36. The number of likely N-dealkylation sites (tertiary alicyclic amines) is 1. The van der Waals surface area contributed by atoms with Crippen LogP contribution in [0.3, 0.4) is 0 Å². The first-order valence-corrected chi connectivity index (χ1v) is 8.74. The van der Waals surface area contributed by atoms with Gasteiger partial charge in [0.2, 0.25) is 0 Å². The average molecular weight is 334 g/mol. The normalized spacial score (nSPS) is 25.6. The predicted octanol–water partition coefficient (Wildman–Crippen LogP) is 2.86. The fourth-order valence-corrected chi connectivity index (χ4v) is 3.68. The molecule has 0 spiro atoms. The number of unbranched alkanes of at least 4 members (excludes halogenated alkanes) is 1. The van der Waals surface area contributed by atoms with Crippen molar-refractivity contribution in [2.75, 3.05) is 19.6 Å². The van der Waals surface area contributed by atoms with Crippen molar-refractivity contribution in [2.45, 2.75) is 36.8 Å². The van der Waals surface area contributed by atoms with Crippen LogP contribution in [0.5, 0.6) is 0 Å². The summed E-state index contributed by atoms with van der Waals surface area (Å²) >= 11 is 6.54. The number of halogens is 1. The van der Waals surface area contributed by atoms with E-state index in [4.69, 9.17) is 11.6 Å². The summed E-state index contributed by atoms with van der Waals surface area (Å²) in [7, 11) is 0. The molecule has 1 aliphatic heterocycles. The van der Waals surface area contributed by atoms with Crippen molar-refractivity contribution in [1.82, 2.24) is 14.7 Å². The maximum Gasteiger partial charge on any atom is 0.108 e. The Morgan fingerprint density at radius 1 is 1.17 bits per heavy atom. The average Bonchev–Trinajstić information content (AvgIpc) is 3.09. The van der Waals surface area contributed by atoms with E-state index in [1.807, 2.05) is 53.5 Å². The minimum Gasteiger partial charge on any atom is -0.384 e. The van der Waals surface area contributed by atoms with Crippen LogP contribution < -0.4 is 0 Å². The van der Waals surface area contributed by atoms with Crippen LogP contribution in [0.15, 0.2) is 48.8 Å². The zero-order valence-corrected chi connectivity index (χ0v) is 14.1. The maximum atomic E-state index is 11.0. The van der Waals surface area contributed by atoms with Crippen molar-refractivity contribution in [3.8, 4) is 0 Å². The van der Waals surface area contributed by atoms with Crippen molar-refractivity contribution in [3.63, 3.8) is 0 Å². The fourth-order valence-electron chi connectivity index (χ4n) is 3.25. The van der Waals surface area contributed by atoms with Crippen molar-refractivity contribution < 1.29 is 5.11 Å². The second-order valence-electron chi connectivity index (χ2n) is 6.28.